The van der Waals surface area contributed by atoms with E-state index in [9.17, 15) is 9.18 Å². The number of amides is 1. The van der Waals surface area contributed by atoms with Crippen LogP contribution in [0.3, 0.4) is 0 Å². The third-order valence-corrected chi connectivity index (χ3v) is 4.95. The molecule has 6 nitrogen and oxygen atoms in total. The Morgan fingerprint density at radius 3 is 2.74 bits per heavy atom. The van der Waals surface area contributed by atoms with E-state index in [4.69, 9.17) is 14.0 Å². The number of aromatic nitrogens is 1. The molecule has 1 aliphatic heterocycles. The van der Waals surface area contributed by atoms with Crippen LogP contribution >= 0.6 is 0 Å². The van der Waals surface area contributed by atoms with Gasteiger partial charge in [-0.1, -0.05) is 5.16 Å². The van der Waals surface area contributed by atoms with Crippen LogP contribution in [0.25, 0.3) is 11.3 Å². The molecule has 0 saturated carbocycles. The lowest BCUT2D eigenvalue weighted by Gasteiger charge is -2.35. The first-order valence-electron chi connectivity index (χ1n) is 9.19. The van der Waals surface area contributed by atoms with Crippen molar-refractivity contribution in [3.8, 4) is 11.3 Å². The molecule has 27 heavy (non-hydrogen) atoms. The van der Waals surface area contributed by atoms with Gasteiger partial charge in [0.25, 0.3) is 0 Å². The quantitative estimate of drug-likeness (QED) is 0.717. The molecule has 0 aliphatic carbocycles. The Balaban J connectivity index is 1.71. The van der Waals surface area contributed by atoms with Gasteiger partial charge in [-0.3, -0.25) is 4.79 Å². The van der Waals surface area contributed by atoms with Crippen molar-refractivity contribution < 1.29 is 23.2 Å². The molecule has 1 N–H and O–H groups in total. The molecule has 2 aromatic rings. The van der Waals surface area contributed by atoms with Gasteiger partial charge in [0.1, 0.15) is 17.3 Å². The lowest BCUT2D eigenvalue weighted by molar-refractivity contribution is -0.137. The number of carbonyl (C=O) groups excluding carboxylic acids is 1. The fourth-order valence-electron chi connectivity index (χ4n) is 3.34. The number of carbonyl (C=O) groups is 1. The summed E-state index contributed by atoms with van der Waals surface area (Å²) in [5, 5.41) is 7.10. The normalized spacial score (nSPS) is 16.2. The van der Waals surface area contributed by atoms with Crippen molar-refractivity contribution in [3.05, 3.63) is 41.9 Å². The van der Waals surface area contributed by atoms with Crippen LogP contribution in [0.5, 0.6) is 0 Å². The number of benzene rings is 1. The lowest BCUT2D eigenvalue weighted by atomic mass is 9.75. The number of halogens is 1. The zero-order chi connectivity index (χ0) is 19.1. The fourth-order valence-corrected chi connectivity index (χ4v) is 3.34. The average molecular weight is 376 g/mol. The Bertz CT molecular complexity index is 739. The first kappa shape index (κ1) is 19.5. The van der Waals surface area contributed by atoms with E-state index in [1.165, 1.54) is 12.1 Å². The van der Waals surface area contributed by atoms with Crippen LogP contribution in [-0.2, 0) is 20.7 Å². The summed E-state index contributed by atoms with van der Waals surface area (Å²) in [6.45, 7) is 2.28. The molecule has 0 atom stereocenters. The molecule has 146 valence electrons. The molecule has 2 heterocycles. The van der Waals surface area contributed by atoms with E-state index in [0.717, 1.165) is 12.0 Å². The maximum absolute atomic E-state index is 13.1. The van der Waals surface area contributed by atoms with Crippen molar-refractivity contribution in [2.24, 2.45) is 5.41 Å². The van der Waals surface area contributed by atoms with Gasteiger partial charge in [0.15, 0.2) is 0 Å². The van der Waals surface area contributed by atoms with Crippen LogP contribution in [0.1, 0.15) is 25.0 Å². The van der Waals surface area contributed by atoms with E-state index in [1.54, 1.807) is 19.2 Å². The summed E-state index contributed by atoms with van der Waals surface area (Å²) in [5.74, 6) is 0.360. The van der Waals surface area contributed by atoms with Gasteiger partial charge in [0.05, 0.1) is 5.41 Å². The van der Waals surface area contributed by atoms with Crippen molar-refractivity contribution in [2.45, 2.75) is 25.7 Å². The fraction of sp³-hybridized carbons (Fsp3) is 0.500. The summed E-state index contributed by atoms with van der Waals surface area (Å²) in [7, 11) is 1.64. The molecular weight excluding hydrogens is 351 g/mol. The molecule has 0 radical (unpaired) electrons. The largest absolute Gasteiger partial charge is 0.385 e. The lowest BCUT2D eigenvalue weighted by Crippen LogP contribution is -2.46. The summed E-state index contributed by atoms with van der Waals surface area (Å²) >= 11 is 0. The minimum absolute atomic E-state index is 0.0154. The van der Waals surface area contributed by atoms with Crippen molar-refractivity contribution in [1.29, 1.82) is 0 Å². The molecule has 0 bridgehead atoms. The number of hydrogen-bond acceptors (Lipinski definition) is 5. The number of nitrogens with one attached hydrogen (secondary N) is 1. The zero-order valence-corrected chi connectivity index (χ0v) is 15.5. The van der Waals surface area contributed by atoms with Gasteiger partial charge in [-0.15, -0.1) is 0 Å². The molecular formula is C20H25FN2O4. The summed E-state index contributed by atoms with van der Waals surface area (Å²) in [4.78, 5) is 12.9. The Kier molecular flexibility index (Phi) is 6.58. The minimum atomic E-state index is -0.565. The number of hydrogen-bond donors (Lipinski definition) is 1. The summed E-state index contributed by atoms with van der Waals surface area (Å²) in [5.41, 5.74) is 0.842. The molecule has 1 saturated heterocycles. The highest BCUT2D eigenvalue weighted by Crippen LogP contribution is 2.35. The van der Waals surface area contributed by atoms with Crippen LogP contribution in [0.15, 0.2) is 34.9 Å². The van der Waals surface area contributed by atoms with Crippen molar-refractivity contribution in [1.82, 2.24) is 10.5 Å². The van der Waals surface area contributed by atoms with E-state index < -0.39 is 5.41 Å². The highest BCUT2D eigenvalue weighted by molar-refractivity contribution is 5.83. The minimum Gasteiger partial charge on any atom is -0.385 e. The maximum atomic E-state index is 13.1. The van der Waals surface area contributed by atoms with E-state index in [1.807, 2.05) is 6.07 Å². The van der Waals surface area contributed by atoms with Gasteiger partial charge in [-0.2, -0.15) is 0 Å². The molecule has 1 aliphatic rings. The van der Waals surface area contributed by atoms with Gasteiger partial charge in [-0.05, 0) is 43.5 Å². The standard InChI is InChI=1S/C20H25FN2O4/c1-25-10-2-9-22-19(24)20(7-11-26-12-8-20)14-17-13-18(23-27-17)15-3-5-16(21)6-4-15/h3-6,13H,2,7-12,14H2,1H3,(H,22,24). The Hall–Kier alpha value is -2.25. The Labute approximate surface area is 158 Å². The Morgan fingerprint density at radius 1 is 1.30 bits per heavy atom. The summed E-state index contributed by atoms with van der Waals surface area (Å²) in [6.07, 6.45) is 2.50. The summed E-state index contributed by atoms with van der Waals surface area (Å²) < 4.78 is 29.1. The van der Waals surface area contributed by atoms with Gasteiger partial charge < -0.3 is 19.3 Å². The molecule has 1 aromatic heterocycles. The van der Waals surface area contributed by atoms with Gasteiger partial charge >= 0.3 is 0 Å². The molecule has 1 aromatic carbocycles. The molecule has 0 unspecified atom stereocenters. The second kappa shape index (κ2) is 9.10. The average Bonchev–Trinajstić information content (AvgIpc) is 3.14. The number of nitrogens with zero attached hydrogens (tertiary/aromatic N) is 1. The Morgan fingerprint density at radius 2 is 2.04 bits per heavy atom. The van der Waals surface area contributed by atoms with Crippen LogP contribution in [0, 0.1) is 11.2 Å². The highest BCUT2D eigenvalue weighted by Gasteiger charge is 2.41. The number of methoxy groups -OCH3 is 1. The monoisotopic (exact) mass is 376 g/mol. The van der Waals surface area contributed by atoms with Gasteiger partial charge in [0.2, 0.25) is 5.91 Å². The van der Waals surface area contributed by atoms with Crippen molar-refractivity contribution in [3.63, 3.8) is 0 Å². The first-order valence-corrected chi connectivity index (χ1v) is 9.19. The third kappa shape index (κ3) is 4.93. The van der Waals surface area contributed by atoms with Crippen molar-refractivity contribution >= 4 is 5.91 Å². The SMILES string of the molecule is COCCCNC(=O)C1(Cc2cc(-c3ccc(F)cc3)no2)CCOCC1. The second-order valence-electron chi connectivity index (χ2n) is 6.86. The van der Waals surface area contributed by atoms with Gasteiger partial charge in [-0.25, -0.2) is 4.39 Å². The zero-order valence-electron chi connectivity index (χ0n) is 15.5. The topological polar surface area (TPSA) is 73.6 Å². The molecule has 3 rings (SSSR count). The van der Waals surface area contributed by atoms with E-state index in [-0.39, 0.29) is 11.7 Å². The molecule has 1 fully saturated rings. The third-order valence-electron chi connectivity index (χ3n) is 4.95. The van der Waals surface area contributed by atoms with Crippen LogP contribution < -0.4 is 5.32 Å². The highest BCUT2D eigenvalue weighted by atomic mass is 19.1. The molecule has 0 spiro atoms. The predicted octanol–water partition coefficient (Wildman–Crippen LogP) is 2.97. The van der Waals surface area contributed by atoms with Crippen molar-refractivity contribution in [2.75, 3.05) is 33.5 Å². The van der Waals surface area contributed by atoms with E-state index >= 15 is 0 Å². The predicted molar refractivity (Wildman–Crippen MR) is 97.6 cm³/mol. The van der Waals surface area contributed by atoms with Gasteiger partial charge in [0, 0.05) is 51.5 Å². The van der Waals surface area contributed by atoms with Crippen LogP contribution in [0.4, 0.5) is 4.39 Å². The first-order chi connectivity index (χ1) is 13.1. The smallest absolute Gasteiger partial charge is 0.226 e. The van der Waals surface area contributed by atoms with E-state index in [0.29, 0.717) is 57.1 Å². The van der Waals surface area contributed by atoms with Crippen LogP contribution in [0.2, 0.25) is 0 Å². The molecule has 1 amide bonds. The number of rotatable bonds is 8. The molecule has 7 heteroatoms. The number of ether oxygens (including phenoxy) is 2. The van der Waals surface area contributed by atoms with E-state index in [2.05, 4.69) is 10.5 Å². The van der Waals surface area contributed by atoms with Crippen LogP contribution in [-0.4, -0.2) is 44.5 Å². The second-order valence-corrected chi connectivity index (χ2v) is 6.86. The maximum Gasteiger partial charge on any atom is 0.226 e. The summed E-state index contributed by atoms with van der Waals surface area (Å²) in [6, 6.07) is 7.91.